The number of fused-ring (bicyclic) bond motifs is 3. The van der Waals surface area contributed by atoms with Crippen LogP contribution in [0, 0.1) is 13.8 Å². The molecule has 1 N–H and O–H groups in total. The minimum absolute atomic E-state index is 0.00538. The fraction of sp³-hybridized carbons (Fsp3) is 0.333. The molecule has 164 valence electrons. The van der Waals surface area contributed by atoms with Crippen LogP contribution in [0.1, 0.15) is 36.8 Å². The van der Waals surface area contributed by atoms with Crippen LogP contribution in [0.4, 0.5) is 0 Å². The third kappa shape index (κ3) is 3.68. The van der Waals surface area contributed by atoms with Crippen molar-refractivity contribution in [3.05, 3.63) is 63.9 Å². The highest BCUT2D eigenvalue weighted by molar-refractivity contribution is 7.99. The number of rotatable bonds is 5. The van der Waals surface area contributed by atoms with Crippen LogP contribution in [-0.4, -0.2) is 36.9 Å². The number of amides is 1. The molecule has 1 amide bonds. The molecule has 0 radical (unpaired) electrons. The second-order valence-electron chi connectivity index (χ2n) is 8.40. The van der Waals surface area contributed by atoms with Crippen LogP contribution in [0.25, 0.3) is 22.4 Å². The van der Waals surface area contributed by atoms with Crippen LogP contribution in [0.15, 0.2) is 52.4 Å². The summed E-state index contributed by atoms with van der Waals surface area (Å²) in [4.78, 5) is 26.0. The largest absolute Gasteiger partial charge is 0.353 e. The number of nitrogens with one attached hydrogen (secondary N) is 1. The molecular weight excluding hydrogens is 422 g/mol. The van der Waals surface area contributed by atoms with Crippen molar-refractivity contribution in [2.75, 3.05) is 5.75 Å². The number of para-hydroxylation sites is 1. The topological polar surface area (TPSA) is 81.3 Å². The molecule has 0 bridgehead atoms. The summed E-state index contributed by atoms with van der Waals surface area (Å²) in [5, 5.41) is 13.0. The van der Waals surface area contributed by atoms with Gasteiger partial charge in [-0.3, -0.25) is 14.0 Å². The van der Waals surface area contributed by atoms with E-state index in [0.717, 1.165) is 35.2 Å². The van der Waals surface area contributed by atoms with E-state index in [9.17, 15) is 9.59 Å². The number of benzene rings is 2. The molecule has 0 saturated heterocycles. The predicted octanol–water partition coefficient (Wildman–Crippen LogP) is 3.80. The Morgan fingerprint density at radius 2 is 1.91 bits per heavy atom. The van der Waals surface area contributed by atoms with Gasteiger partial charge in [0.25, 0.3) is 5.56 Å². The summed E-state index contributed by atoms with van der Waals surface area (Å²) >= 11 is 1.34. The van der Waals surface area contributed by atoms with E-state index in [0.29, 0.717) is 16.3 Å². The lowest BCUT2D eigenvalue weighted by Gasteiger charge is -2.14. The van der Waals surface area contributed by atoms with Crippen LogP contribution in [0.2, 0.25) is 0 Å². The first-order valence-electron chi connectivity index (χ1n) is 10.9. The van der Waals surface area contributed by atoms with Gasteiger partial charge in [0.2, 0.25) is 11.7 Å². The molecule has 1 fully saturated rings. The third-order valence-electron chi connectivity index (χ3n) is 6.05. The summed E-state index contributed by atoms with van der Waals surface area (Å²) in [5.41, 5.74) is 3.42. The molecule has 5 rings (SSSR count). The van der Waals surface area contributed by atoms with E-state index in [-0.39, 0.29) is 23.3 Å². The maximum absolute atomic E-state index is 13.5. The van der Waals surface area contributed by atoms with Crippen LogP contribution in [0.5, 0.6) is 0 Å². The molecule has 0 spiro atoms. The normalized spacial score (nSPS) is 14.4. The second-order valence-corrected chi connectivity index (χ2v) is 9.35. The maximum atomic E-state index is 13.5. The molecule has 0 aliphatic heterocycles. The molecule has 8 heteroatoms. The molecule has 1 saturated carbocycles. The van der Waals surface area contributed by atoms with Gasteiger partial charge in [-0.2, -0.15) is 0 Å². The number of hydrogen-bond donors (Lipinski definition) is 1. The number of carbonyl (C=O) groups is 1. The zero-order valence-electron chi connectivity index (χ0n) is 18.2. The number of thioether (sulfide) groups is 1. The second kappa shape index (κ2) is 8.43. The molecule has 1 aliphatic rings. The van der Waals surface area contributed by atoms with Crippen molar-refractivity contribution >= 4 is 34.3 Å². The summed E-state index contributed by atoms with van der Waals surface area (Å²) in [6, 6.07) is 13.8. The molecule has 7 nitrogen and oxygen atoms in total. The molecule has 2 heterocycles. The first-order chi connectivity index (χ1) is 15.5. The lowest BCUT2D eigenvalue weighted by molar-refractivity contribution is -0.119. The van der Waals surface area contributed by atoms with Gasteiger partial charge in [0.15, 0.2) is 5.16 Å². The van der Waals surface area contributed by atoms with E-state index in [4.69, 9.17) is 0 Å². The van der Waals surface area contributed by atoms with Crippen molar-refractivity contribution in [3.63, 3.8) is 0 Å². The van der Waals surface area contributed by atoms with Crippen LogP contribution in [0.3, 0.4) is 0 Å². The van der Waals surface area contributed by atoms with Crippen molar-refractivity contribution in [3.8, 4) is 5.69 Å². The maximum Gasteiger partial charge on any atom is 0.267 e. The molecule has 1 aliphatic carbocycles. The Kier molecular flexibility index (Phi) is 5.46. The molecule has 4 aromatic rings. The van der Waals surface area contributed by atoms with Crippen molar-refractivity contribution in [2.45, 2.75) is 50.7 Å². The highest BCUT2D eigenvalue weighted by Crippen LogP contribution is 2.25. The third-order valence-corrected chi connectivity index (χ3v) is 6.98. The SMILES string of the molecule is Cc1ccc(C)c(-n2c(=O)c3ccccc3n3c(SCC(=O)NC4CCCC4)nnc23)c1. The number of carbonyl (C=O) groups excluding carboxylic acids is 1. The minimum Gasteiger partial charge on any atom is -0.353 e. The van der Waals surface area contributed by atoms with Gasteiger partial charge in [0, 0.05) is 6.04 Å². The smallest absolute Gasteiger partial charge is 0.267 e. The van der Waals surface area contributed by atoms with E-state index in [1.807, 2.05) is 60.7 Å². The average Bonchev–Trinajstić information content (AvgIpc) is 3.45. The summed E-state index contributed by atoms with van der Waals surface area (Å²) in [6.45, 7) is 3.98. The number of aryl methyl sites for hydroxylation is 2. The molecule has 32 heavy (non-hydrogen) atoms. The zero-order chi connectivity index (χ0) is 22.2. The fourth-order valence-corrected chi connectivity index (χ4v) is 5.17. The minimum atomic E-state index is -0.135. The van der Waals surface area contributed by atoms with E-state index >= 15 is 0 Å². The Morgan fingerprint density at radius 1 is 1.12 bits per heavy atom. The number of hydrogen-bond acceptors (Lipinski definition) is 5. The fourth-order valence-electron chi connectivity index (χ4n) is 4.42. The monoisotopic (exact) mass is 447 g/mol. The highest BCUT2D eigenvalue weighted by atomic mass is 32.2. The summed E-state index contributed by atoms with van der Waals surface area (Å²) in [6.07, 6.45) is 4.46. The van der Waals surface area contributed by atoms with Gasteiger partial charge in [0.05, 0.1) is 22.3 Å². The standard InChI is InChI=1S/C24H25N5O2S/c1-15-11-12-16(2)20(13-15)28-22(31)18-9-5-6-10-19(18)29-23(28)26-27-24(29)32-14-21(30)25-17-7-3-4-8-17/h5-6,9-13,17H,3-4,7-8,14H2,1-2H3,(H,25,30). The van der Waals surface area contributed by atoms with Gasteiger partial charge < -0.3 is 5.32 Å². The summed E-state index contributed by atoms with van der Waals surface area (Å²) in [7, 11) is 0. The lowest BCUT2D eigenvalue weighted by atomic mass is 10.1. The number of nitrogens with zero attached hydrogens (tertiary/aromatic N) is 4. The van der Waals surface area contributed by atoms with Gasteiger partial charge in [-0.15, -0.1) is 10.2 Å². The number of aromatic nitrogens is 4. The zero-order valence-corrected chi connectivity index (χ0v) is 19.0. The van der Waals surface area contributed by atoms with Gasteiger partial charge in [-0.05, 0) is 56.0 Å². The Bertz CT molecular complexity index is 1380. The van der Waals surface area contributed by atoms with Crippen molar-refractivity contribution in [2.24, 2.45) is 0 Å². The Morgan fingerprint density at radius 3 is 2.72 bits per heavy atom. The van der Waals surface area contributed by atoms with Crippen LogP contribution >= 0.6 is 11.8 Å². The Labute approximate surface area is 189 Å². The Hall–Kier alpha value is -3.13. The first kappa shape index (κ1) is 20.8. The quantitative estimate of drug-likeness (QED) is 0.471. The van der Waals surface area contributed by atoms with Gasteiger partial charge in [-0.25, -0.2) is 4.57 Å². The van der Waals surface area contributed by atoms with Crippen LogP contribution < -0.4 is 10.9 Å². The highest BCUT2D eigenvalue weighted by Gasteiger charge is 2.21. The van der Waals surface area contributed by atoms with Crippen molar-refractivity contribution < 1.29 is 4.79 Å². The van der Waals surface area contributed by atoms with E-state index < -0.39 is 0 Å². The average molecular weight is 448 g/mol. The molecule has 0 unspecified atom stereocenters. The van der Waals surface area contributed by atoms with Gasteiger partial charge in [0.1, 0.15) is 0 Å². The summed E-state index contributed by atoms with van der Waals surface area (Å²) in [5.74, 6) is 0.709. The van der Waals surface area contributed by atoms with Crippen LogP contribution in [-0.2, 0) is 4.79 Å². The van der Waals surface area contributed by atoms with E-state index in [2.05, 4.69) is 15.5 Å². The van der Waals surface area contributed by atoms with Crippen molar-refractivity contribution in [1.29, 1.82) is 0 Å². The molecule has 2 aromatic heterocycles. The molecule has 2 aromatic carbocycles. The predicted molar refractivity (Wildman–Crippen MR) is 127 cm³/mol. The Balaban J connectivity index is 1.60. The molecular formula is C24H25N5O2S. The first-order valence-corrected chi connectivity index (χ1v) is 11.9. The summed E-state index contributed by atoms with van der Waals surface area (Å²) < 4.78 is 3.51. The van der Waals surface area contributed by atoms with Gasteiger partial charge in [-0.1, -0.05) is 48.9 Å². The van der Waals surface area contributed by atoms with Gasteiger partial charge >= 0.3 is 0 Å². The van der Waals surface area contributed by atoms with E-state index in [1.165, 1.54) is 24.6 Å². The van der Waals surface area contributed by atoms with E-state index in [1.54, 1.807) is 4.57 Å². The van der Waals surface area contributed by atoms with Crippen molar-refractivity contribution in [1.82, 2.24) is 24.5 Å². The molecule has 0 atom stereocenters. The lowest BCUT2D eigenvalue weighted by Crippen LogP contribution is -2.33.